The molecule has 0 radical (unpaired) electrons. The van der Waals surface area contributed by atoms with E-state index in [1.165, 1.54) is 39.8 Å². The SMILES string of the molecule is CCCc1ccc(-c2cc3c(cc2C)[C@H](NC(=O)O[C@@H]2CN4CCC2CC4)C(C)(C)C3)cc1. The lowest BCUT2D eigenvalue weighted by atomic mass is 9.85. The van der Waals surface area contributed by atoms with E-state index in [9.17, 15) is 4.79 Å². The van der Waals surface area contributed by atoms with E-state index in [0.29, 0.717) is 5.92 Å². The number of piperidine rings is 3. The van der Waals surface area contributed by atoms with Gasteiger partial charge in [0.2, 0.25) is 0 Å². The molecule has 2 bridgehead atoms. The molecule has 4 aliphatic rings. The molecule has 3 saturated heterocycles. The Morgan fingerprint density at radius 1 is 1.15 bits per heavy atom. The maximum absolute atomic E-state index is 12.9. The number of hydrogen-bond donors (Lipinski definition) is 1. The lowest BCUT2D eigenvalue weighted by Gasteiger charge is -2.44. The first-order chi connectivity index (χ1) is 15.8. The first-order valence-electron chi connectivity index (χ1n) is 12.8. The molecule has 2 aromatic carbocycles. The second-order valence-corrected chi connectivity index (χ2v) is 11.1. The van der Waals surface area contributed by atoms with Crippen LogP contribution in [0.1, 0.15) is 68.3 Å². The lowest BCUT2D eigenvalue weighted by Crippen LogP contribution is -2.53. The number of carbonyl (C=O) groups excluding carboxylic acids is 1. The third kappa shape index (κ3) is 4.42. The highest BCUT2D eigenvalue weighted by Crippen LogP contribution is 2.47. The molecule has 176 valence electrons. The summed E-state index contributed by atoms with van der Waals surface area (Å²) < 4.78 is 5.96. The number of fused-ring (bicyclic) bond motifs is 4. The van der Waals surface area contributed by atoms with Gasteiger partial charge in [-0.25, -0.2) is 4.79 Å². The normalized spacial score (nSPS) is 27.3. The molecule has 0 saturated carbocycles. The lowest BCUT2D eigenvalue weighted by molar-refractivity contribution is -0.0348. The Bertz CT molecular complexity index is 1020. The standard InChI is InChI=1S/C29H38N2O2/c1-5-6-20-7-9-21(10-8-20)24-16-23-17-29(3,4)27(25(23)15-19(24)2)30-28(32)33-26-18-31-13-11-22(26)12-14-31/h7-10,15-16,22,26-27H,5-6,11-14,17-18H2,1-4H3,(H,30,32)/t26-,27+/m1/s1. The van der Waals surface area contributed by atoms with Crippen molar-refractivity contribution in [2.75, 3.05) is 19.6 Å². The summed E-state index contributed by atoms with van der Waals surface area (Å²) >= 11 is 0. The van der Waals surface area contributed by atoms with Gasteiger partial charge in [0.1, 0.15) is 6.10 Å². The summed E-state index contributed by atoms with van der Waals surface area (Å²) in [5.74, 6) is 0.526. The van der Waals surface area contributed by atoms with Crippen molar-refractivity contribution >= 4 is 6.09 Å². The quantitative estimate of drug-likeness (QED) is 0.607. The van der Waals surface area contributed by atoms with Gasteiger partial charge in [0.25, 0.3) is 0 Å². The first kappa shape index (κ1) is 22.5. The highest BCUT2D eigenvalue weighted by Gasteiger charge is 2.42. The highest BCUT2D eigenvalue weighted by atomic mass is 16.6. The predicted molar refractivity (Wildman–Crippen MR) is 133 cm³/mol. The smallest absolute Gasteiger partial charge is 0.407 e. The molecular formula is C29H38N2O2. The second-order valence-electron chi connectivity index (χ2n) is 11.1. The number of benzene rings is 2. The van der Waals surface area contributed by atoms with Gasteiger partial charge in [-0.15, -0.1) is 0 Å². The molecule has 4 heteroatoms. The molecular weight excluding hydrogens is 408 g/mol. The van der Waals surface area contributed by atoms with Crippen LogP contribution in [-0.2, 0) is 17.6 Å². The number of ether oxygens (including phenoxy) is 1. The van der Waals surface area contributed by atoms with E-state index < -0.39 is 0 Å². The molecule has 4 nitrogen and oxygen atoms in total. The maximum Gasteiger partial charge on any atom is 0.407 e. The van der Waals surface area contributed by atoms with Crippen LogP contribution in [0.15, 0.2) is 36.4 Å². The van der Waals surface area contributed by atoms with Crippen molar-refractivity contribution in [1.29, 1.82) is 0 Å². The molecule has 3 heterocycles. The molecule has 0 aromatic heterocycles. The van der Waals surface area contributed by atoms with Crippen LogP contribution in [0.25, 0.3) is 11.1 Å². The van der Waals surface area contributed by atoms with Crippen LogP contribution in [0.2, 0.25) is 0 Å². The average Bonchev–Trinajstić information content (AvgIpc) is 3.03. The summed E-state index contributed by atoms with van der Waals surface area (Å²) in [5.41, 5.74) is 7.75. The molecule has 1 N–H and O–H groups in total. The van der Waals surface area contributed by atoms with Crippen LogP contribution in [0.3, 0.4) is 0 Å². The number of rotatable bonds is 5. The Labute approximate surface area is 198 Å². The van der Waals surface area contributed by atoms with Gasteiger partial charge in [-0.1, -0.05) is 63.6 Å². The van der Waals surface area contributed by atoms with Gasteiger partial charge in [-0.05, 0) is 90.4 Å². The molecule has 0 spiro atoms. The monoisotopic (exact) mass is 446 g/mol. The van der Waals surface area contributed by atoms with Gasteiger partial charge in [0.05, 0.1) is 6.04 Å². The fourth-order valence-corrected chi connectivity index (χ4v) is 6.27. The van der Waals surface area contributed by atoms with Crippen LogP contribution in [-0.4, -0.2) is 36.7 Å². The van der Waals surface area contributed by atoms with Gasteiger partial charge < -0.3 is 10.1 Å². The molecule has 2 aromatic rings. The van der Waals surface area contributed by atoms with Crippen molar-refractivity contribution in [3.8, 4) is 11.1 Å². The zero-order valence-electron chi connectivity index (χ0n) is 20.6. The number of alkyl carbamates (subject to hydrolysis) is 1. The molecule has 1 aliphatic carbocycles. The van der Waals surface area contributed by atoms with Crippen LogP contribution < -0.4 is 5.32 Å². The van der Waals surface area contributed by atoms with Gasteiger partial charge in [-0.2, -0.15) is 0 Å². The molecule has 3 fully saturated rings. The van der Waals surface area contributed by atoms with Crippen molar-refractivity contribution in [2.24, 2.45) is 11.3 Å². The number of carbonyl (C=O) groups is 1. The molecule has 1 amide bonds. The molecule has 2 atom stereocenters. The van der Waals surface area contributed by atoms with E-state index in [0.717, 1.165) is 45.3 Å². The maximum atomic E-state index is 12.9. The van der Waals surface area contributed by atoms with Crippen LogP contribution in [0, 0.1) is 18.3 Å². The van der Waals surface area contributed by atoms with Crippen molar-refractivity contribution in [2.45, 2.75) is 71.9 Å². The van der Waals surface area contributed by atoms with E-state index in [1.54, 1.807) is 0 Å². The van der Waals surface area contributed by atoms with Crippen molar-refractivity contribution in [3.63, 3.8) is 0 Å². The first-order valence-corrected chi connectivity index (χ1v) is 12.8. The third-order valence-corrected chi connectivity index (χ3v) is 8.15. The van der Waals surface area contributed by atoms with Crippen molar-refractivity contribution in [1.82, 2.24) is 10.2 Å². The van der Waals surface area contributed by atoms with Gasteiger partial charge in [-0.3, -0.25) is 4.90 Å². The van der Waals surface area contributed by atoms with E-state index in [1.807, 2.05) is 0 Å². The summed E-state index contributed by atoms with van der Waals surface area (Å²) in [6.07, 6.45) is 5.33. The third-order valence-electron chi connectivity index (χ3n) is 8.15. The fourth-order valence-electron chi connectivity index (χ4n) is 6.27. The van der Waals surface area contributed by atoms with E-state index in [-0.39, 0.29) is 23.7 Å². The highest BCUT2D eigenvalue weighted by molar-refractivity contribution is 5.72. The van der Waals surface area contributed by atoms with Gasteiger partial charge in [0, 0.05) is 6.54 Å². The van der Waals surface area contributed by atoms with Crippen molar-refractivity contribution < 1.29 is 9.53 Å². The van der Waals surface area contributed by atoms with E-state index in [2.05, 4.69) is 74.3 Å². The number of nitrogens with one attached hydrogen (secondary N) is 1. The largest absolute Gasteiger partial charge is 0.445 e. The molecule has 6 rings (SSSR count). The minimum Gasteiger partial charge on any atom is -0.445 e. The number of amides is 1. The summed E-state index contributed by atoms with van der Waals surface area (Å²) in [4.78, 5) is 15.4. The summed E-state index contributed by atoms with van der Waals surface area (Å²) in [6, 6.07) is 13.6. The molecule has 33 heavy (non-hydrogen) atoms. The Balaban J connectivity index is 1.34. The number of hydrogen-bond acceptors (Lipinski definition) is 3. The van der Waals surface area contributed by atoms with Crippen molar-refractivity contribution in [3.05, 3.63) is 58.7 Å². The summed E-state index contributed by atoms with van der Waals surface area (Å²) in [6.45, 7) is 12.1. The summed E-state index contributed by atoms with van der Waals surface area (Å²) in [7, 11) is 0. The minimum absolute atomic E-state index is 0.0271. The molecule has 3 aliphatic heterocycles. The number of nitrogens with zero attached hydrogens (tertiary/aromatic N) is 1. The Morgan fingerprint density at radius 2 is 1.88 bits per heavy atom. The summed E-state index contributed by atoms with van der Waals surface area (Å²) in [5, 5.41) is 3.26. The Hall–Kier alpha value is -2.33. The van der Waals surface area contributed by atoms with Crippen LogP contribution in [0.5, 0.6) is 0 Å². The predicted octanol–water partition coefficient (Wildman–Crippen LogP) is 6.06. The van der Waals surface area contributed by atoms with Crippen LogP contribution in [0.4, 0.5) is 4.79 Å². The van der Waals surface area contributed by atoms with Crippen LogP contribution >= 0.6 is 0 Å². The Kier molecular flexibility index (Phi) is 5.98. The minimum atomic E-state index is -0.257. The number of aryl methyl sites for hydroxylation is 2. The Morgan fingerprint density at radius 3 is 2.52 bits per heavy atom. The van der Waals surface area contributed by atoms with E-state index >= 15 is 0 Å². The van der Waals surface area contributed by atoms with Gasteiger partial charge >= 0.3 is 6.09 Å². The average molecular weight is 447 g/mol. The zero-order valence-corrected chi connectivity index (χ0v) is 20.6. The van der Waals surface area contributed by atoms with E-state index in [4.69, 9.17) is 4.74 Å². The topological polar surface area (TPSA) is 41.6 Å². The fraction of sp³-hybridized carbons (Fsp3) is 0.552. The second kappa shape index (κ2) is 8.79. The molecule has 0 unspecified atom stereocenters. The van der Waals surface area contributed by atoms with Gasteiger partial charge in [0.15, 0.2) is 0 Å². The zero-order chi connectivity index (χ0) is 23.2.